The van der Waals surface area contributed by atoms with E-state index in [-0.39, 0.29) is 40.2 Å². The molecular formula is C62H52Ir2N4-4. The fraction of sp³-hybridized carbons (Fsp3) is 0.0968. The summed E-state index contributed by atoms with van der Waals surface area (Å²) in [6.07, 6.45) is 4.64. The van der Waals surface area contributed by atoms with Gasteiger partial charge >= 0.3 is 0 Å². The molecule has 6 heteroatoms. The number of pyridine rings is 4. The molecule has 6 aromatic carbocycles. The van der Waals surface area contributed by atoms with Crippen molar-refractivity contribution in [3.8, 4) is 67.3 Å². The van der Waals surface area contributed by atoms with E-state index in [0.29, 0.717) is 5.92 Å². The number of benzene rings is 6. The van der Waals surface area contributed by atoms with E-state index in [1.165, 1.54) is 27.8 Å². The molecule has 0 spiro atoms. The van der Waals surface area contributed by atoms with E-state index in [0.717, 1.165) is 62.8 Å². The molecule has 0 bridgehead atoms. The van der Waals surface area contributed by atoms with Gasteiger partial charge in [-0.15, -0.1) is 143 Å². The topological polar surface area (TPSA) is 51.6 Å². The minimum atomic E-state index is 0. The summed E-state index contributed by atoms with van der Waals surface area (Å²) in [5.74, 6) is 0.641. The number of nitrogens with zero attached hydrogens (tertiary/aromatic N) is 4. The maximum absolute atomic E-state index is 4.65. The molecule has 0 aliphatic rings. The zero-order valence-electron chi connectivity index (χ0n) is 38.6. The van der Waals surface area contributed by atoms with Gasteiger partial charge in [0.1, 0.15) is 0 Å². The van der Waals surface area contributed by atoms with E-state index in [1.807, 2.05) is 146 Å². The van der Waals surface area contributed by atoms with Gasteiger partial charge in [-0.3, -0.25) is 0 Å². The van der Waals surface area contributed by atoms with Crippen molar-refractivity contribution in [2.45, 2.75) is 34.1 Å². The van der Waals surface area contributed by atoms with Crippen LogP contribution in [0.5, 0.6) is 0 Å². The molecule has 0 fully saturated rings. The molecule has 4 heterocycles. The van der Waals surface area contributed by atoms with Crippen LogP contribution in [0, 0.1) is 44.0 Å². The van der Waals surface area contributed by atoms with E-state index in [1.54, 1.807) is 12.4 Å². The van der Waals surface area contributed by atoms with Crippen molar-refractivity contribution >= 4 is 0 Å². The predicted octanol–water partition coefficient (Wildman–Crippen LogP) is 15.3. The number of aromatic nitrogens is 4. The molecule has 10 aromatic rings. The summed E-state index contributed by atoms with van der Waals surface area (Å²) in [5, 5.41) is 0. The first-order valence-electron chi connectivity index (χ1n) is 22.2. The summed E-state index contributed by atoms with van der Waals surface area (Å²) >= 11 is 0. The minimum Gasteiger partial charge on any atom is -0.305 e. The summed E-state index contributed by atoms with van der Waals surface area (Å²) < 4.78 is 0. The second-order valence-corrected chi connectivity index (χ2v) is 16.0. The number of hydrogen-bond donors (Lipinski definition) is 0. The Balaban J connectivity index is 0.000000169. The third-order valence-electron chi connectivity index (χ3n) is 10.2. The molecule has 0 atom stereocenters. The fourth-order valence-corrected chi connectivity index (χ4v) is 7.14. The first kappa shape index (κ1) is 52.2. The Bertz CT molecular complexity index is 2720. The van der Waals surface area contributed by atoms with Crippen LogP contribution in [0.4, 0.5) is 0 Å². The molecule has 2 radical (unpaired) electrons. The van der Waals surface area contributed by atoms with E-state index in [2.05, 4.69) is 138 Å². The van der Waals surface area contributed by atoms with E-state index >= 15 is 0 Å². The summed E-state index contributed by atoms with van der Waals surface area (Å²) in [5.41, 5.74) is 16.3. The van der Waals surface area contributed by atoms with Gasteiger partial charge in [-0.25, -0.2) is 0 Å². The van der Waals surface area contributed by atoms with Gasteiger partial charge < -0.3 is 19.9 Å². The van der Waals surface area contributed by atoms with Gasteiger partial charge in [-0.1, -0.05) is 123 Å². The molecular weight excluding hydrogens is 1190 g/mol. The van der Waals surface area contributed by atoms with Gasteiger partial charge in [0.15, 0.2) is 0 Å². The molecule has 4 aromatic heterocycles. The van der Waals surface area contributed by atoms with Gasteiger partial charge in [0, 0.05) is 64.0 Å². The van der Waals surface area contributed by atoms with E-state index < -0.39 is 0 Å². The summed E-state index contributed by atoms with van der Waals surface area (Å²) in [6, 6.07) is 83.9. The Hall–Kier alpha value is -6.78. The van der Waals surface area contributed by atoms with Crippen LogP contribution in [-0.2, 0) is 46.6 Å². The Morgan fingerprint density at radius 2 is 0.853 bits per heavy atom. The van der Waals surface area contributed by atoms with Crippen LogP contribution in [0.25, 0.3) is 67.3 Å². The molecule has 10 rings (SSSR count). The van der Waals surface area contributed by atoms with Crippen molar-refractivity contribution in [2.75, 3.05) is 0 Å². The molecule has 0 unspecified atom stereocenters. The second-order valence-electron chi connectivity index (χ2n) is 16.0. The first-order valence-corrected chi connectivity index (χ1v) is 22.2. The maximum Gasteiger partial charge on any atom is 0.0299 e. The smallest absolute Gasteiger partial charge is 0.0299 e. The van der Waals surface area contributed by atoms with Crippen molar-refractivity contribution < 1.29 is 40.2 Å². The van der Waals surface area contributed by atoms with Gasteiger partial charge in [0.25, 0.3) is 0 Å². The van der Waals surface area contributed by atoms with Gasteiger partial charge in [0.2, 0.25) is 0 Å². The molecule has 0 saturated carbocycles. The minimum absolute atomic E-state index is 0. The summed E-state index contributed by atoms with van der Waals surface area (Å²) in [4.78, 5) is 17.8. The number of rotatable bonds is 8. The largest absolute Gasteiger partial charge is 0.305 e. The third-order valence-corrected chi connectivity index (χ3v) is 10.2. The van der Waals surface area contributed by atoms with Crippen molar-refractivity contribution in [3.63, 3.8) is 0 Å². The summed E-state index contributed by atoms with van der Waals surface area (Å²) in [6.45, 7) is 8.52. The van der Waals surface area contributed by atoms with Gasteiger partial charge in [-0.05, 0) is 84.4 Å². The standard InChI is InChI=1S/2C17H12N.C15H16N.C13H12N.2Ir/c2*1-2-7-14(8-3-1)15-9-6-10-16(13-15)17-11-4-5-12-18-17;1-12(2)11-14-9-6-10-15(16-14)13-7-4-3-5-8-13;1-10-8-11(2)14-13(9-10)12-6-4-3-5-7-12;;/h2*1-9,11-13H;3-7,9-10,12H,11H2,1-2H3;3-6,8-9H,1-2H3;;/q4*-1;;. The molecule has 0 aliphatic heterocycles. The number of hydrogen-bond acceptors (Lipinski definition) is 4. The van der Waals surface area contributed by atoms with Crippen molar-refractivity contribution in [2.24, 2.45) is 5.92 Å². The summed E-state index contributed by atoms with van der Waals surface area (Å²) in [7, 11) is 0. The molecule has 0 amide bonds. The molecule has 68 heavy (non-hydrogen) atoms. The van der Waals surface area contributed by atoms with Gasteiger partial charge in [0.05, 0.1) is 0 Å². The van der Waals surface area contributed by atoms with Crippen LogP contribution in [0.15, 0.2) is 225 Å². The van der Waals surface area contributed by atoms with Gasteiger partial charge in [-0.2, -0.15) is 0 Å². The predicted molar refractivity (Wildman–Crippen MR) is 273 cm³/mol. The second kappa shape index (κ2) is 27.8. The van der Waals surface area contributed by atoms with Crippen LogP contribution in [0.1, 0.15) is 30.8 Å². The van der Waals surface area contributed by atoms with Crippen molar-refractivity contribution in [3.05, 3.63) is 266 Å². The molecule has 342 valence electrons. The molecule has 0 N–H and O–H groups in total. The Labute approximate surface area is 430 Å². The van der Waals surface area contributed by atoms with Crippen LogP contribution in [0.3, 0.4) is 0 Å². The quantitative estimate of drug-likeness (QED) is 0.142. The van der Waals surface area contributed by atoms with Crippen LogP contribution >= 0.6 is 0 Å². The number of aryl methyl sites for hydroxylation is 2. The Morgan fingerprint density at radius 1 is 0.382 bits per heavy atom. The normalized spacial score (nSPS) is 10.0. The van der Waals surface area contributed by atoms with Crippen LogP contribution in [-0.4, -0.2) is 19.9 Å². The first-order chi connectivity index (χ1) is 32.4. The van der Waals surface area contributed by atoms with E-state index in [4.69, 9.17) is 0 Å². The Kier molecular flexibility index (Phi) is 21.3. The fourth-order valence-electron chi connectivity index (χ4n) is 7.14. The van der Waals surface area contributed by atoms with Crippen LogP contribution < -0.4 is 0 Å². The van der Waals surface area contributed by atoms with Crippen molar-refractivity contribution in [1.82, 2.24) is 19.9 Å². The molecule has 0 saturated heterocycles. The third kappa shape index (κ3) is 16.2. The average molecular weight is 1240 g/mol. The zero-order valence-corrected chi connectivity index (χ0v) is 43.4. The SMILES string of the molecule is CC(C)Cc1cccc(-c2[c-]cccc2)n1.Cc1cc(C)nc(-c2[c-]cccc2)c1.[Ir].[Ir].[c-]1ccc(-c2ccccc2)cc1-c1ccccn1.[c-]1ccc(-c2ccccc2)cc1-c1ccccn1. The monoisotopic (exact) mass is 1240 g/mol. The molecule has 0 aliphatic carbocycles. The van der Waals surface area contributed by atoms with Crippen LogP contribution in [0.2, 0.25) is 0 Å². The van der Waals surface area contributed by atoms with E-state index in [9.17, 15) is 0 Å². The molecule has 4 nitrogen and oxygen atoms in total. The van der Waals surface area contributed by atoms with Crippen molar-refractivity contribution in [1.29, 1.82) is 0 Å². The average Bonchev–Trinajstić information content (AvgIpc) is 3.38. The Morgan fingerprint density at radius 3 is 1.31 bits per heavy atom. The maximum atomic E-state index is 4.65. The zero-order chi connectivity index (χ0) is 45.8.